The highest BCUT2D eigenvalue weighted by Gasteiger charge is 2.16. The molecule has 0 unspecified atom stereocenters. The van der Waals surface area contributed by atoms with Crippen LogP contribution in [0.3, 0.4) is 0 Å². The van der Waals surface area contributed by atoms with Crippen LogP contribution in [0, 0.1) is 0 Å². The van der Waals surface area contributed by atoms with Gasteiger partial charge in [0.25, 0.3) is 11.8 Å². The second-order valence-corrected chi connectivity index (χ2v) is 5.69. The molecule has 2 rings (SSSR count). The standard InChI is InChI=1S/C18H15ClN2O5/c1-10(18(25)26)21-17(24)14-6-5-12(8-15(14)19)16(23)20-9-11-3-2-4-13(22)7-11/h2-8,22H,1,9H2,(H,20,23)(H,21,24)(H,25,26). The molecule has 7 nitrogen and oxygen atoms in total. The average molecular weight is 375 g/mol. The molecule has 0 fully saturated rings. The summed E-state index contributed by atoms with van der Waals surface area (Å²) in [5, 5.41) is 22.9. The maximum Gasteiger partial charge on any atom is 0.351 e. The van der Waals surface area contributed by atoms with E-state index in [0.29, 0.717) is 5.56 Å². The highest BCUT2D eigenvalue weighted by Crippen LogP contribution is 2.18. The molecular weight excluding hydrogens is 360 g/mol. The van der Waals surface area contributed by atoms with Gasteiger partial charge < -0.3 is 20.8 Å². The summed E-state index contributed by atoms with van der Waals surface area (Å²) in [6, 6.07) is 10.5. The van der Waals surface area contributed by atoms with Crippen LogP contribution < -0.4 is 10.6 Å². The number of nitrogens with one attached hydrogen (secondary N) is 2. The van der Waals surface area contributed by atoms with E-state index in [4.69, 9.17) is 16.7 Å². The largest absolute Gasteiger partial charge is 0.508 e. The molecule has 0 aromatic heterocycles. The van der Waals surface area contributed by atoms with Crippen molar-refractivity contribution in [2.45, 2.75) is 6.54 Å². The summed E-state index contributed by atoms with van der Waals surface area (Å²) in [6.07, 6.45) is 0. The molecule has 0 aliphatic carbocycles. The van der Waals surface area contributed by atoms with Gasteiger partial charge in [0.1, 0.15) is 11.4 Å². The van der Waals surface area contributed by atoms with Crippen LogP contribution in [-0.4, -0.2) is 28.0 Å². The number of carbonyl (C=O) groups excluding carboxylic acids is 2. The summed E-state index contributed by atoms with van der Waals surface area (Å²) in [6.45, 7) is 3.40. The van der Waals surface area contributed by atoms with E-state index in [1.54, 1.807) is 12.1 Å². The number of aromatic hydroxyl groups is 1. The van der Waals surface area contributed by atoms with Gasteiger partial charge in [-0.3, -0.25) is 9.59 Å². The fraction of sp³-hybridized carbons (Fsp3) is 0.0556. The average Bonchev–Trinajstić information content (AvgIpc) is 2.59. The van der Waals surface area contributed by atoms with Crippen molar-refractivity contribution < 1.29 is 24.6 Å². The number of carboxylic acid groups (broad SMARTS) is 1. The number of carbonyl (C=O) groups is 3. The van der Waals surface area contributed by atoms with Gasteiger partial charge in [-0.25, -0.2) is 4.79 Å². The van der Waals surface area contributed by atoms with Crippen molar-refractivity contribution in [3.8, 4) is 5.75 Å². The Hall–Kier alpha value is -3.32. The van der Waals surface area contributed by atoms with Crippen LogP contribution in [0.25, 0.3) is 0 Å². The Kier molecular flexibility index (Phi) is 5.98. The van der Waals surface area contributed by atoms with E-state index in [9.17, 15) is 19.5 Å². The number of amides is 2. The molecule has 2 aromatic rings. The van der Waals surface area contributed by atoms with E-state index >= 15 is 0 Å². The zero-order valence-electron chi connectivity index (χ0n) is 13.5. The quantitative estimate of drug-likeness (QED) is 0.579. The Morgan fingerprint density at radius 1 is 1.08 bits per heavy atom. The van der Waals surface area contributed by atoms with Gasteiger partial charge in [0.2, 0.25) is 0 Å². The normalized spacial score (nSPS) is 10.0. The van der Waals surface area contributed by atoms with Gasteiger partial charge >= 0.3 is 5.97 Å². The predicted octanol–water partition coefficient (Wildman–Crippen LogP) is 2.30. The van der Waals surface area contributed by atoms with E-state index in [1.807, 2.05) is 0 Å². The number of hydrogen-bond acceptors (Lipinski definition) is 4. The molecule has 2 aromatic carbocycles. The van der Waals surface area contributed by atoms with Crippen LogP contribution in [0.5, 0.6) is 5.75 Å². The number of phenolic OH excluding ortho intramolecular Hbond substituents is 1. The van der Waals surface area contributed by atoms with Crippen molar-refractivity contribution in [3.05, 3.63) is 76.5 Å². The molecule has 0 aliphatic heterocycles. The fourth-order valence-electron chi connectivity index (χ4n) is 2.05. The van der Waals surface area contributed by atoms with E-state index in [-0.39, 0.29) is 28.4 Å². The molecule has 0 aliphatic rings. The Morgan fingerprint density at radius 2 is 1.81 bits per heavy atom. The zero-order chi connectivity index (χ0) is 19.3. The van der Waals surface area contributed by atoms with Gasteiger partial charge in [0.15, 0.2) is 0 Å². The molecule has 0 bridgehead atoms. The maximum absolute atomic E-state index is 12.2. The number of aliphatic carboxylic acids is 1. The van der Waals surface area contributed by atoms with Crippen molar-refractivity contribution in [3.63, 3.8) is 0 Å². The van der Waals surface area contributed by atoms with Crippen molar-refractivity contribution in [2.24, 2.45) is 0 Å². The first-order chi connectivity index (χ1) is 12.3. The van der Waals surface area contributed by atoms with Crippen LogP contribution in [0.15, 0.2) is 54.7 Å². The Balaban J connectivity index is 2.06. The molecule has 0 atom stereocenters. The van der Waals surface area contributed by atoms with Gasteiger partial charge in [0, 0.05) is 12.1 Å². The highest BCUT2D eigenvalue weighted by molar-refractivity contribution is 6.34. The minimum Gasteiger partial charge on any atom is -0.508 e. The summed E-state index contributed by atoms with van der Waals surface area (Å²) in [4.78, 5) is 34.8. The molecule has 0 saturated heterocycles. The van der Waals surface area contributed by atoms with Crippen LogP contribution in [-0.2, 0) is 11.3 Å². The number of rotatable bonds is 6. The summed E-state index contributed by atoms with van der Waals surface area (Å²) in [5.74, 6) is -2.43. The molecular formula is C18H15ClN2O5. The predicted molar refractivity (Wildman–Crippen MR) is 95.0 cm³/mol. The maximum atomic E-state index is 12.2. The third-order valence-electron chi connectivity index (χ3n) is 3.36. The van der Waals surface area contributed by atoms with Crippen LogP contribution in [0.1, 0.15) is 26.3 Å². The molecule has 4 N–H and O–H groups in total. The molecule has 0 radical (unpaired) electrons. The molecule has 2 amide bonds. The third-order valence-corrected chi connectivity index (χ3v) is 3.67. The van der Waals surface area contributed by atoms with E-state index in [0.717, 1.165) is 0 Å². The van der Waals surface area contributed by atoms with E-state index in [2.05, 4.69) is 17.2 Å². The summed E-state index contributed by atoms with van der Waals surface area (Å²) in [7, 11) is 0. The lowest BCUT2D eigenvalue weighted by Gasteiger charge is -2.09. The first kappa shape index (κ1) is 19.0. The van der Waals surface area contributed by atoms with Crippen molar-refractivity contribution >= 4 is 29.4 Å². The number of halogens is 1. The highest BCUT2D eigenvalue weighted by atomic mass is 35.5. The van der Waals surface area contributed by atoms with Gasteiger partial charge in [-0.05, 0) is 35.9 Å². The fourth-order valence-corrected chi connectivity index (χ4v) is 2.32. The van der Waals surface area contributed by atoms with Crippen LogP contribution in [0.2, 0.25) is 5.02 Å². The lowest BCUT2D eigenvalue weighted by atomic mass is 10.1. The number of hydrogen-bond donors (Lipinski definition) is 4. The number of benzene rings is 2. The topological polar surface area (TPSA) is 116 Å². The first-order valence-corrected chi connectivity index (χ1v) is 7.75. The van der Waals surface area contributed by atoms with E-state index < -0.39 is 23.5 Å². The molecule has 8 heteroatoms. The van der Waals surface area contributed by atoms with Crippen molar-refractivity contribution in [2.75, 3.05) is 0 Å². The smallest absolute Gasteiger partial charge is 0.351 e. The Labute approximate surface area is 153 Å². The lowest BCUT2D eigenvalue weighted by molar-refractivity contribution is -0.132. The van der Waals surface area contributed by atoms with Gasteiger partial charge in [-0.1, -0.05) is 30.3 Å². The van der Waals surface area contributed by atoms with E-state index in [1.165, 1.54) is 30.3 Å². The van der Waals surface area contributed by atoms with Gasteiger partial charge in [0.05, 0.1) is 10.6 Å². The minimum atomic E-state index is -1.36. The third kappa shape index (κ3) is 4.84. The first-order valence-electron chi connectivity index (χ1n) is 7.37. The van der Waals surface area contributed by atoms with Crippen molar-refractivity contribution in [1.82, 2.24) is 10.6 Å². The summed E-state index contributed by atoms with van der Waals surface area (Å²) < 4.78 is 0. The number of carboxylic acids is 1. The molecule has 0 spiro atoms. The molecule has 134 valence electrons. The second-order valence-electron chi connectivity index (χ2n) is 5.29. The second kappa shape index (κ2) is 8.17. The summed E-state index contributed by atoms with van der Waals surface area (Å²) in [5.41, 5.74) is 0.467. The molecule has 26 heavy (non-hydrogen) atoms. The molecule has 0 saturated carbocycles. The Bertz CT molecular complexity index is 895. The van der Waals surface area contributed by atoms with Crippen LogP contribution in [0.4, 0.5) is 0 Å². The van der Waals surface area contributed by atoms with Crippen LogP contribution >= 0.6 is 11.6 Å². The zero-order valence-corrected chi connectivity index (χ0v) is 14.2. The van der Waals surface area contributed by atoms with Crippen molar-refractivity contribution in [1.29, 1.82) is 0 Å². The lowest BCUT2D eigenvalue weighted by Crippen LogP contribution is -2.27. The summed E-state index contributed by atoms with van der Waals surface area (Å²) >= 11 is 6.02. The van der Waals surface area contributed by atoms with Gasteiger partial charge in [-0.2, -0.15) is 0 Å². The monoisotopic (exact) mass is 374 g/mol. The minimum absolute atomic E-state index is 0.00862. The Morgan fingerprint density at radius 3 is 2.42 bits per heavy atom. The SMILES string of the molecule is C=C(NC(=O)c1ccc(C(=O)NCc2cccc(O)c2)cc1Cl)C(=O)O. The van der Waals surface area contributed by atoms with Gasteiger partial charge in [-0.15, -0.1) is 0 Å². The number of phenols is 1. The molecule has 0 heterocycles.